The zero-order chi connectivity index (χ0) is 19.4. The quantitative estimate of drug-likeness (QED) is 0.320. The molecular weight excluding hydrogens is 482 g/mol. The van der Waals surface area contributed by atoms with Crippen molar-refractivity contribution < 1.29 is 13.2 Å². The lowest BCUT2D eigenvalue weighted by Gasteiger charge is -2.12. The van der Waals surface area contributed by atoms with E-state index in [0.717, 1.165) is 34.7 Å². The first-order chi connectivity index (χ1) is 12.9. The second kappa shape index (κ2) is 9.26. The lowest BCUT2D eigenvalue weighted by atomic mass is 10.1. The van der Waals surface area contributed by atoms with Crippen LogP contribution in [-0.4, -0.2) is 22.4 Å². The average molecular weight is 503 g/mol. The van der Waals surface area contributed by atoms with E-state index < -0.39 is 11.7 Å². The van der Waals surface area contributed by atoms with Crippen molar-refractivity contribution in [2.75, 3.05) is 7.05 Å². The summed E-state index contributed by atoms with van der Waals surface area (Å²) in [5, 5.41) is 6.24. The zero-order valence-corrected chi connectivity index (χ0v) is 17.7. The maximum absolute atomic E-state index is 12.6. The van der Waals surface area contributed by atoms with Gasteiger partial charge in [0.15, 0.2) is 5.96 Å². The smallest absolute Gasteiger partial charge is 0.352 e. The lowest BCUT2D eigenvalue weighted by molar-refractivity contribution is -0.137. The van der Waals surface area contributed by atoms with Gasteiger partial charge in [-0.3, -0.25) is 4.99 Å². The number of halogens is 4. The minimum Gasteiger partial charge on any atom is -0.352 e. The summed E-state index contributed by atoms with van der Waals surface area (Å²) in [6, 6.07) is 11.0. The minimum atomic E-state index is -4.32. The molecule has 150 valence electrons. The molecule has 0 radical (unpaired) electrons. The fourth-order valence-electron chi connectivity index (χ4n) is 2.68. The number of fused-ring (bicyclic) bond motifs is 1. The van der Waals surface area contributed by atoms with Gasteiger partial charge in [-0.05, 0) is 36.8 Å². The molecule has 0 spiro atoms. The second-order valence-corrected chi connectivity index (χ2v) is 6.10. The number of nitrogens with zero attached hydrogens (tertiary/aromatic N) is 3. The van der Waals surface area contributed by atoms with Crippen LogP contribution in [0.4, 0.5) is 13.2 Å². The van der Waals surface area contributed by atoms with Gasteiger partial charge >= 0.3 is 6.18 Å². The minimum absolute atomic E-state index is 0. The zero-order valence-electron chi connectivity index (χ0n) is 15.4. The lowest BCUT2D eigenvalue weighted by Crippen LogP contribution is -2.36. The number of pyridine rings is 1. The van der Waals surface area contributed by atoms with Gasteiger partial charge < -0.3 is 15.0 Å². The Kier molecular flexibility index (Phi) is 7.28. The Balaban J connectivity index is 0.00000280. The molecule has 0 saturated carbocycles. The number of alkyl halides is 3. The van der Waals surface area contributed by atoms with Crippen LogP contribution in [0.2, 0.25) is 0 Å². The Morgan fingerprint density at radius 2 is 1.75 bits per heavy atom. The third-order valence-corrected chi connectivity index (χ3v) is 4.15. The highest BCUT2D eigenvalue weighted by Gasteiger charge is 2.29. The molecule has 28 heavy (non-hydrogen) atoms. The Labute approximate surface area is 178 Å². The van der Waals surface area contributed by atoms with Crippen LogP contribution < -0.4 is 10.6 Å². The SMILES string of the molecule is CN=C(NCc1ccc(C(F)(F)F)cc1)NCc1cn2c(C)cccc2n1.I. The van der Waals surface area contributed by atoms with Gasteiger partial charge in [0.2, 0.25) is 0 Å². The third-order valence-electron chi connectivity index (χ3n) is 4.15. The maximum atomic E-state index is 12.6. The summed E-state index contributed by atoms with van der Waals surface area (Å²) in [6.45, 7) is 2.85. The third kappa shape index (κ3) is 5.37. The highest BCUT2D eigenvalue weighted by atomic mass is 127. The number of aromatic nitrogens is 2. The molecule has 2 heterocycles. The van der Waals surface area contributed by atoms with Crippen molar-refractivity contribution in [3.05, 3.63) is 71.2 Å². The number of rotatable bonds is 4. The molecule has 0 unspecified atom stereocenters. The van der Waals surface area contributed by atoms with Gasteiger partial charge in [0, 0.05) is 25.5 Å². The van der Waals surface area contributed by atoms with Crippen LogP contribution in [0, 0.1) is 6.92 Å². The monoisotopic (exact) mass is 503 g/mol. The molecule has 2 aromatic heterocycles. The number of nitrogens with one attached hydrogen (secondary N) is 2. The van der Waals surface area contributed by atoms with Crippen LogP contribution in [0.5, 0.6) is 0 Å². The Bertz CT molecular complexity index is 948. The van der Waals surface area contributed by atoms with Crippen molar-refractivity contribution >= 4 is 35.6 Å². The molecule has 0 fully saturated rings. The Morgan fingerprint density at radius 1 is 1.07 bits per heavy atom. The first-order valence-corrected chi connectivity index (χ1v) is 8.41. The topological polar surface area (TPSA) is 53.7 Å². The normalized spacial score (nSPS) is 12.0. The van der Waals surface area contributed by atoms with Gasteiger partial charge in [0.1, 0.15) is 5.65 Å². The first kappa shape index (κ1) is 22.0. The predicted octanol–water partition coefficient (Wildman–Crippen LogP) is 4.14. The van der Waals surface area contributed by atoms with Crippen LogP contribution in [0.3, 0.4) is 0 Å². The molecule has 0 atom stereocenters. The second-order valence-electron chi connectivity index (χ2n) is 6.10. The molecule has 3 rings (SSSR count). The molecule has 9 heteroatoms. The molecule has 0 saturated heterocycles. The summed E-state index contributed by atoms with van der Waals surface area (Å²) in [6.07, 6.45) is -2.36. The van der Waals surface area contributed by atoms with Crippen LogP contribution in [0.25, 0.3) is 5.65 Å². The van der Waals surface area contributed by atoms with Crippen molar-refractivity contribution in [2.45, 2.75) is 26.2 Å². The number of guanidine groups is 1. The molecule has 3 aromatic rings. The van der Waals surface area contributed by atoms with Gasteiger partial charge in [-0.15, -0.1) is 24.0 Å². The molecule has 5 nitrogen and oxygen atoms in total. The number of hydrogen-bond donors (Lipinski definition) is 2. The van der Waals surface area contributed by atoms with E-state index in [0.29, 0.717) is 19.0 Å². The summed E-state index contributed by atoms with van der Waals surface area (Å²) in [4.78, 5) is 8.67. The largest absolute Gasteiger partial charge is 0.416 e. The highest BCUT2D eigenvalue weighted by molar-refractivity contribution is 14.0. The number of aryl methyl sites for hydroxylation is 1. The van der Waals surface area contributed by atoms with Gasteiger partial charge in [-0.2, -0.15) is 13.2 Å². The molecular formula is C19H21F3IN5. The fraction of sp³-hybridized carbons (Fsp3) is 0.263. The van der Waals surface area contributed by atoms with Crippen molar-refractivity contribution in [3.63, 3.8) is 0 Å². The Hall–Kier alpha value is -2.30. The summed E-state index contributed by atoms with van der Waals surface area (Å²) in [5.74, 6) is 0.545. The predicted molar refractivity (Wildman–Crippen MR) is 114 cm³/mol. The molecule has 0 aliphatic carbocycles. The molecule has 0 bridgehead atoms. The van der Waals surface area contributed by atoms with Gasteiger partial charge in [-0.25, -0.2) is 4.98 Å². The van der Waals surface area contributed by atoms with Crippen LogP contribution in [0.1, 0.15) is 22.5 Å². The fourth-order valence-corrected chi connectivity index (χ4v) is 2.68. The number of aliphatic imine (C=N–C) groups is 1. The number of hydrogen-bond acceptors (Lipinski definition) is 2. The van der Waals surface area contributed by atoms with Gasteiger partial charge in [0.05, 0.1) is 17.8 Å². The van der Waals surface area contributed by atoms with Crippen molar-refractivity contribution in [2.24, 2.45) is 4.99 Å². The standard InChI is InChI=1S/C19H20F3N5.HI/c1-13-4-3-5-17-26-16(12-27(13)17)11-25-18(23-2)24-10-14-6-8-15(9-7-14)19(20,21)22;/h3-9,12H,10-11H2,1-2H3,(H2,23,24,25);1H. The van der Waals surface area contributed by atoms with Crippen LogP contribution in [-0.2, 0) is 19.3 Å². The average Bonchev–Trinajstić information content (AvgIpc) is 3.06. The van der Waals surface area contributed by atoms with Crippen LogP contribution >= 0.6 is 24.0 Å². The van der Waals surface area contributed by atoms with Crippen molar-refractivity contribution in [3.8, 4) is 0 Å². The van der Waals surface area contributed by atoms with Crippen molar-refractivity contribution in [1.82, 2.24) is 20.0 Å². The Morgan fingerprint density at radius 3 is 2.36 bits per heavy atom. The summed E-state index contributed by atoms with van der Waals surface area (Å²) in [7, 11) is 1.63. The maximum Gasteiger partial charge on any atom is 0.416 e. The van der Waals surface area contributed by atoms with E-state index in [1.54, 1.807) is 7.05 Å². The number of imidazole rings is 1. The molecule has 0 amide bonds. The van der Waals surface area contributed by atoms with E-state index in [1.807, 2.05) is 35.7 Å². The van der Waals surface area contributed by atoms with E-state index in [2.05, 4.69) is 20.6 Å². The van der Waals surface area contributed by atoms with E-state index in [9.17, 15) is 13.2 Å². The van der Waals surface area contributed by atoms with E-state index in [1.165, 1.54) is 12.1 Å². The van der Waals surface area contributed by atoms with Crippen LogP contribution in [0.15, 0.2) is 53.7 Å². The van der Waals surface area contributed by atoms with E-state index in [-0.39, 0.29) is 24.0 Å². The molecule has 1 aromatic carbocycles. The van der Waals surface area contributed by atoms with E-state index in [4.69, 9.17) is 0 Å². The summed E-state index contributed by atoms with van der Waals surface area (Å²) in [5.41, 5.74) is 2.91. The van der Waals surface area contributed by atoms with Crippen molar-refractivity contribution in [1.29, 1.82) is 0 Å². The highest BCUT2D eigenvalue weighted by Crippen LogP contribution is 2.29. The molecule has 2 N–H and O–H groups in total. The first-order valence-electron chi connectivity index (χ1n) is 8.41. The number of benzene rings is 1. The van der Waals surface area contributed by atoms with Gasteiger partial charge in [-0.1, -0.05) is 18.2 Å². The van der Waals surface area contributed by atoms with Gasteiger partial charge in [0.25, 0.3) is 0 Å². The summed E-state index contributed by atoms with van der Waals surface area (Å²) >= 11 is 0. The summed E-state index contributed by atoms with van der Waals surface area (Å²) < 4.78 is 39.8. The van der Waals surface area contributed by atoms with E-state index >= 15 is 0 Å². The molecule has 0 aliphatic rings. The molecule has 0 aliphatic heterocycles.